The molecule has 0 saturated heterocycles. The van der Waals surface area contributed by atoms with E-state index >= 15 is 0 Å². The van der Waals surface area contributed by atoms with E-state index in [4.69, 9.17) is 4.74 Å². The van der Waals surface area contributed by atoms with E-state index in [1.807, 2.05) is 30.3 Å². The summed E-state index contributed by atoms with van der Waals surface area (Å²) in [6.45, 7) is 6.99. The Kier molecular flexibility index (Phi) is 8.63. The number of benzene rings is 2. The van der Waals surface area contributed by atoms with Crippen molar-refractivity contribution in [2.24, 2.45) is 0 Å². The molecule has 0 radical (unpaired) electrons. The van der Waals surface area contributed by atoms with Crippen LogP contribution in [0.4, 0.5) is 4.79 Å². The molecule has 8 nitrogen and oxygen atoms in total. The molecular weight excluding hydrogens is 410 g/mol. The Balaban J connectivity index is 2.20. The van der Waals surface area contributed by atoms with Crippen LogP contribution in [0.25, 0.3) is 0 Å². The van der Waals surface area contributed by atoms with Crippen molar-refractivity contribution in [3.05, 3.63) is 65.7 Å². The van der Waals surface area contributed by atoms with Gasteiger partial charge in [-0.15, -0.1) is 0 Å². The Hall–Kier alpha value is -3.55. The minimum atomic E-state index is -1.07. The van der Waals surface area contributed by atoms with Gasteiger partial charge in [-0.3, -0.25) is 9.59 Å². The van der Waals surface area contributed by atoms with Gasteiger partial charge in [0.2, 0.25) is 11.8 Å². The maximum Gasteiger partial charge on any atom is 0.408 e. The molecule has 0 aliphatic rings. The molecule has 2 aromatic rings. The number of carbonyl (C=O) groups is 3. The molecule has 2 aromatic carbocycles. The lowest BCUT2D eigenvalue weighted by Gasteiger charge is -2.31. The van der Waals surface area contributed by atoms with Crippen LogP contribution in [0.2, 0.25) is 0 Å². The first-order chi connectivity index (χ1) is 15.1. The molecule has 32 heavy (non-hydrogen) atoms. The van der Waals surface area contributed by atoms with Crippen LogP contribution in [0, 0.1) is 0 Å². The number of phenols is 1. The highest BCUT2D eigenvalue weighted by Crippen LogP contribution is 2.29. The highest BCUT2D eigenvalue weighted by atomic mass is 16.6. The quantitative estimate of drug-likeness (QED) is 0.583. The zero-order valence-corrected chi connectivity index (χ0v) is 18.9. The summed E-state index contributed by atoms with van der Waals surface area (Å²) in [4.78, 5) is 39.4. The van der Waals surface area contributed by atoms with Gasteiger partial charge in [0.25, 0.3) is 0 Å². The Labute approximate surface area is 188 Å². The fourth-order valence-corrected chi connectivity index (χ4v) is 3.12. The van der Waals surface area contributed by atoms with Crippen molar-refractivity contribution in [2.45, 2.75) is 45.9 Å². The third-order valence-electron chi connectivity index (χ3n) is 4.54. The smallest absolute Gasteiger partial charge is 0.408 e. The van der Waals surface area contributed by atoms with Crippen molar-refractivity contribution in [1.29, 1.82) is 0 Å². The standard InChI is InChI=1S/C24H31N3O5/c1-5-27(20(29)16-26-23(31)32-24(2,3)4)21(18-13-9-10-14-19(18)28)22(30)25-15-17-11-7-6-8-12-17/h6-14,21,28H,5,15-16H2,1-4H3,(H,25,30)(H,26,31). The molecule has 3 amide bonds. The molecule has 1 unspecified atom stereocenters. The molecule has 2 rings (SSSR count). The van der Waals surface area contributed by atoms with Gasteiger partial charge in [0.05, 0.1) is 0 Å². The number of ether oxygens (including phenoxy) is 1. The van der Waals surface area contributed by atoms with Gasteiger partial charge in [0.15, 0.2) is 0 Å². The maximum absolute atomic E-state index is 13.2. The van der Waals surface area contributed by atoms with Crippen molar-refractivity contribution in [1.82, 2.24) is 15.5 Å². The molecule has 1 atom stereocenters. The highest BCUT2D eigenvalue weighted by molar-refractivity contribution is 5.90. The monoisotopic (exact) mass is 441 g/mol. The van der Waals surface area contributed by atoms with E-state index in [1.165, 1.54) is 11.0 Å². The minimum absolute atomic E-state index is 0.0984. The van der Waals surface area contributed by atoms with Gasteiger partial charge in [-0.25, -0.2) is 4.79 Å². The fourth-order valence-electron chi connectivity index (χ4n) is 3.12. The van der Waals surface area contributed by atoms with E-state index in [9.17, 15) is 19.5 Å². The average molecular weight is 442 g/mol. The van der Waals surface area contributed by atoms with Crippen LogP contribution in [-0.4, -0.2) is 46.6 Å². The molecule has 3 N–H and O–H groups in total. The predicted molar refractivity (Wildman–Crippen MR) is 121 cm³/mol. The van der Waals surface area contributed by atoms with Crippen LogP contribution in [0.3, 0.4) is 0 Å². The third-order valence-corrected chi connectivity index (χ3v) is 4.54. The van der Waals surface area contributed by atoms with E-state index in [2.05, 4.69) is 10.6 Å². The number of rotatable bonds is 8. The molecule has 0 aromatic heterocycles. The van der Waals surface area contributed by atoms with E-state index in [1.54, 1.807) is 45.9 Å². The molecule has 172 valence electrons. The second-order valence-corrected chi connectivity index (χ2v) is 8.20. The number of likely N-dealkylation sites (N-methyl/N-ethyl adjacent to an activating group) is 1. The summed E-state index contributed by atoms with van der Waals surface area (Å²) in [5.74, 6) is -1.02. The lowest BCUT2D eigenvalue weighted by Crippen LogP contribution is -2.47. The number of phenolic OH excluding ortho intramolecular Hbond substituents is 1. The first-order valence-corrected chi connectivity index (χ1v) is 10.5. The summed E-state index contributed by atoms with van der Waals surface area (Å²) < 4.78 is 5.16. The Morgan fingerprint density at radius 3 is 2.22 bits per heavy atom. The largest absolute Gasteiger partial charge is 0.508 e. The van der Waals surface area contributed by atoms with Crippen LogP contribution in [-0.2, 0) is 20.9 Å². The van der Waals surface area contributed by atoms with Gasteiger partial charge in [-0.1, -0.05) is 48.5 Å². The van der Waals surface area contributed by atoms with Crippen LogP contribution >= 0.6 is 0 Å². The number of carbonyl (C=O) groups excluding carboxylic acids is 3. The number of hydrogen-bond acceptors (Lipinski definition) is 5. The van der Waals surface area contributed by atoms with Crippen molar-refractivity contribution in [2.75, 3.05) is 13.1 Å². The lowest BCUT2D eigenvalue weighted by molar-refractivity contribution is -0.140. The molecule has 0 aliphatic heterocycles. The Morgan fingerprint density at radius 1 is 1.00 bits per heavy atom. The SMILES string of the molecule is CCN(C(=O)CNC(=O)OC(C)(C)C)C(C(=O)NCc1ccccc1)c1ccccc1O. The second kappa shape index (κ2) is 11.2. The second-order valence-electron chi connectivity index (χ2n) is 8.20. The predicted octanol–water partition coefficient (Wildman–Crippen LogP) is 3.12. The number of alkyl carbamates (subject to hydrolysis) is 1. The molecule has 8 heteroatoms. The number of aromatic hydroxyl groups is 1. The summed E-state index contributed by atoms with van der Waals surface area (Å²) in [5.41, 5.74) is 0.496. The first-order valence-electron chi connectivity index (χ1n) is 10.5. The normalized spacial score (nSPS) is 11.9. The van der Waals surface area contributed by atoms with Crippen molar-refractivity contribution < 1.29 is 24.2 Å². The third kappa shape index (κ3) is 7.30. The van der Waals surface area contributed by atoms with E-state index in [0.29, 0.717) is 5.56 Å². The number of nitrogens with one attached hydrogen (secondary N) is 2. The van der Waals surface area contributed by atoms with E-state index in [-0.39, 0.29) is 25.4 Å². The van der Waals surface area contributed by atoms with Crippen molar-refractivity contribution in [3.8, 4) is 5.75 Å². The number of para-hydroxylation sites is 1. The Morgan fingerprint density at radius 2 is 1.62 bits per heavy atom. The summed E-state index contributed by atoms with van der Waals surface area (Å²) in [6.07, 6.45) is -0.727. The van der Waals surface area contributed by atoms with Crippen molar-refractivity contribution >= 4 is 17.9 Å². The minimum Gasteiger partial charge on any atom is -0.508 e. The molecule has 0 spiro atoms. The average Bonchev–Trinajstić information content (AvgIpc) is 2.74. The number of nitrogens with zero attached hydrogens (tertiary/aromatic N) is 1. The molecule has 0 heterocycles. The summed E-state index contributed by atoms with van der Waals surface area (Å²) in [6, 6.07) is 14.7. The van der Waals surface area contributed by atoms with Gasteiger partial charge in [-0.05, 0) is 39.3 Å². The molecule has 0 bridgehead atoms. The fraction of sp³-hybridized carbons (Fsp3) is 0.375. The Bertz CT molecular complexity index is 925. The zero-order valence-electron chi connectivity index (χ0n) is 18.9. The van der Waals surface area contributed by atoms with E-state index in [0.717, 1.165) is 5.56 Å². The van der Waals surface area contributed by atoms with Crippen LogP contribution in [0.5, 0.6) is 5.75 Å². The molecule has 0 fully saturated rings. The number of hydrogen-bond donors (Lipinski definition) is 3. The zero-order chi connectivity index (χ0) is 23.7. The summed E-state index contributed by atoms with van der Waals surface area (Å²) in [7, 11) is 0. The maximum atomic E-state index is 13.2. The van der Waals surface area contributed by atoms with Gasteiger partial charge < -0.3 is 25.4 Å². The van der Waals surface area contributed by atoms with Crippen LogP contribution < -0.4 is 10.6 Å². The van der Waals surface area contributed by atoms with Gasteiger partial charge in [0.1, 0.15) is 23.9 Å². The summed E-state index contributed by atoms with van der Waals surface area (Å²) in [5, 5.41) is 15.6. The topological polar surface area (TPSA) is 108 Å². The summed E-state index contributed by atoms with van der Waals surface area (Å²) >= 11 is 0. The van der Waals surface area contributed by atoms with Crippen molar-refractivity contribution in [3.63, 3.8) is 0 Å². The van der Waals surface area contributed by atoms with Gasteiger partial charge in [-0.2, -0.15) is 0 Å². The molecular formula is C24H31N3O5. The molecule has 0 saturated carbocycles. The lowest BCUT2D eigenvalue weighted by atomic mass is 10.0. The van der Waals surface area contributed by atoms with E-state index < -0.39 is 29.6 Å². The van der Waals surface area contributed by atoms with Gasteiger partial charge >= 0.3 is 6.09 Å². The molecule has 0 aliphatic carbocycles. The van der Waals surface area contributed by atoms with Crippen LogP contribution in [0.1, 0.15) is 44.9 Å². The number of amides is 3. The highest BCUT2D eigenvalue weighted by Gasteiger charge is 2.32. The first kappa shape index (κ1) is 24.7. The van der Waals surface area contributed by atoms with Gasteiger partial charge in [0, 0.05) is 18.7 Å². The van der Waals surface area contributed by atoms with Crippen LogP contribution in [0.15, 0.2) is 54.6 Å².